The van der Waals surface area contributed by atoms with Crippen molar-refractivity contribution in [2.24, 2.45) is 4.99 Å². The van der Waals surface area contributed by atoms with Gasteiger partial charge in [-0.1, -0.05) is 41.4 Å². The molecule has 1 aliphatic heterocycles. The van der Waals surface area contributed by atoms with Crippen LogP contribution < -0.4 is 10.2 Å². The number of halogens is 2. The number of rotatable bonds is 3. The fourth-order valence-electron chi connectivity index (χ4n) is 3.80. The smallest absolute Gasteiger partial charge is 0.0907 e. The number of nitrogens with one attached hydrogen (secondary N) is 1. The van der Waals surface area contributed by atoms with Gasteiger partial charge in [-0.3, -0.25) is 0 Å². The van der Waals surface area contributed by atoms with E-state index in [4.69, 9.17) is 28.2 Å². The maximum absolute atomic E-state index is 6.14. The number of nitrogens with zero attached hydrogens (tertiary/aromatic N) is 2. The summed E-state index contributed by atoms with van der Waals surface area (Å²) in [6.45, 7) is 2.09. The molecule has 30 heavy (non-hydrogen) atoms. The van der Waals surface area contributed by atoms with Crippen molar-refractivity contribution in [2.45, 2.75) is 13.3 Å². The molecule has 0 amide bonds. The van der Waals surface area contributed by atoms with Crippen molar-refractivity contribution < 1.29 is 0 Å². The average Bonchev–Trinajstić information content (AvgIpc) is 2.75. The predicted molar refractivity (Wildman–Crippen MR) is 128 cm³/mol. The number of aliphatic imine (C=N–C) groups is 1. The zero-order valence-electron chi connectivity index (χ0n) is 16.4. The topological polar surface area (TPSA) is 27.6 Å². The monoisotopic (exact) mass is 431 g/mol. The molecule has 0 fully saturated rings. The maximum atomic E-state index is 6.14. The molecule has 0 aromatic heterocycles. The Kier molecular flexibility index (Phi) is 4.86. The summed E-state index contributed by atoms with van der Waals surface area (Å²) >= 11 is 12.1. The van der Waals surface area contributed by atoms with E-state index in [1.807, 2.05) is 48.5 Å². The largest absolute Gasteiger partial charge is 0.359 e. The first-order valence-corrected chi connectivity index (χ1v) is 10.5. The minimum atomic E-state index is 0.723. The van der Waals surface area contributed by atoms with E-state index in [9.17, 15) is 0 Å². The first-order valence-electron chi connectivity index (χ1n) is 9.76. The Balaban J connectivity index is 1.57. The number of fused-ring (bicyclic) bond motifs is 2. The van der Waals surface area contributed by atoms with Gasteiger partial charge < -0.3 is 10.2 Å². The highest BCUT2D eigenvalue weighted by molar-refractivity contribution is 6.31. The summed E-state index contributed by atoms with van der Waals surface area (Å²) in [6, 6.07) is 21.9. The van der Waals surface area contributed by atoms with Crippen molar-refractivity contribution in [3.8, 4) is 0 Å². The van der Waals surface area contributed by atoms with Gasteiger partial charge >= 0.3 is 0 Å². The Bertz CT molecular complexity index is 1210. The van der Waals surface area contributed by atoms with E-state index < -0.39 is 0 Å². The van der Waals surface area contributed by atoms with Gasteiger partial charge in [0.15, 0.2) is 0 Å². The molecule has 0 bridgehead atoms. The summed E-state index contributed by atoms with van der Waals surface area (Å²) in [6.07, 6.45) is 5.13. The SMILES string of the molecule is Cc1cccc2c1N=C1C=C(Nc3ccc(Cl)cc3)CC=C1N2c1ccc(Cl)cc1. The van der Waals surface area contributed by atoms with Gasteiger partial charge in [0.05, 0.1) is 22.8 Å². The van der Waals surface area contributed by atoms with Crippen molar-refractivity contribution in [1.29, 1.82) is 0 Å². The third-order valence-electron chi connectivity index (χ3n) is 5.25. The normalized spacial score (nSPS) is 14.9. The fourth-order valence-corrected chi connectivity index (χ4v) is 4.05. The van der Waals surface area contributed by atoms with Gasteiger partial charge in [0.1, 0.15) is 0 Å². The van der Waals surface area contributed by atoms with Crippen LogP contribution in [-0.2, 0) is 0 Å². The second-order valence-electron chi connectivity index (χ2n) is 7.35. The highest BCUT2D eigenvalue weighted by Gasteiger charge is 2.28. The molecular weight excluding hydrogens is 413 g/mol. The number of allylic oxidation sites excluding steroid dienone is 2. The standard InChI is InChI=1S/C25H19Cl2N3/c1-16-3-2-4-24-25(16)29-22-15-20(28-19-9-5-17(26)6-10-19)11-14-23(22)30(24)21-12-7-18(27)8-13-21/h2-10,12-15,28H,11H2,1H3. The van der Waals surface area contributed by atoms with E-state index in [2.05, 4.69) is 47.5 Å². The number of aryl methyl sites for hydroxylation is 1. The van der Waals surface area contributed by atoms with Gasteiger partial charge in [-0.25, -0.2) is 4.99 Å². The van der Waals surface area contributed by atoms with Crippen LogP contribution in [0.4, 0.5) is 22.7 Å². The van der Waals surface area contributed by atoms with E-state index >= 15 is 0 Å². The highest BCUT2D eigenvalue weighted by atomic mass is 35.5. The lowest BCUT2D eigenvalue weighted by Gasteiger charge is -2.34. The van der Waals surface area contributed by atoms with E-state index in [0.29, 0.717) is 0 Å². The molecule has 0 saturated heterocycles. The number of para-hydroxylation sites is 1. The Labute approximate surface area is 186 Å². The Morgan fingerprint density at radius 2 is 1.60 bits per heavy atom. The minimum absolute atomic E-state index is 0.723. The Morgan fingerprint density at radius 1 is 0.900 bits per heavy atom. The molecule has 0 radical (unpaired) electrons. The number of hydrogen-bond acceptors (Lipinski definition) is 3. The van der Waals surface area contributed by atoms with Crippen molar-refractivity contribution in [1.82, 2.24) is 0 Å². The van der Waals surface area contributed by atoms with E-state index in [0.717, 1.165) is 61.9 Å². The quantitative estimate of drug-likeness (QED) is 0.457. The molecule has 1 aliphatic carbocycles. The van der Waals surface area contributed by atoms with Crippen LogP contribution in [0.15, 0.2) is 95.3 Å². The zero-order valence-corrected chi connectivity index (χ0v) is 17.9. The van der Waals surface area contributed by atoms with Crippen LogP contribution in [0, 0.1) is 6.92 Å². The second-order valence-corrected chi connectivity index (χ2v) is 8.22. The van der Waals surface area contributed by atoms with Crippen LogP contribution in [-0.4, -0.2) is 5.71 Å². The fraction of sp³-hybridized carbons (Fsp3) is 0.0800. The summed E-state index contributed by atoms with van der Waals surface area (Å²) in [4.78, 5) is 7.27. The van der Waals surface area contributed by atoms with Crippen LogP contribution in [0.3, 0.4) is 0 Å². The predicted octanol–water partition coefficient (Wildman–Crippen LogP) is 7.81. The molecule has 5 rings (SSSR count). The van der Waals surface area contributed by atoms with Crippen molar-refractivity contribution in [2.75, 3.05) is 10.2 Å². The van der Waals surface area contributed by atoms with Gasteiger partial charge in [-0.05, 0) is 73.2 Å². The van der Waals surface area contributed by atoms with E-state index in [1.165, 1.54) is 0 Å². The Hall–Kier alpha value is -3.01. The molecule has 1 heterocycles. The maximum Gasteiger partial charge on any atom is 0.0907 e. The van der Waals surface area contributed by atoms with Gasteiger partial charge in [0, 0.05) is 33.5 Å². The third kappa shape index (κ3) is 3.51. The summed E-state index contributed by atoms with van der Waals surface area (Å²) in [7, 11) is 0. The number of anilines is 3. The zero-order chi connectivity index (χ0) is 20.7. The van der Waals surface area contributed by atoms with E-state index in [-0.39, 0.29) is 0 Å². The lowest BCUT2D eigenvalue weighted by Crippen LogP contribution is -2.27. The molecule has 2 aliphatic rings. The van der Waals surface area contributed by atoms with Crippen molar-refractivity contribution >= 4 is 51.7 Å². The van der Waals surface area contributed by atoms with Crippen LogP contribution >= 0.6 is 23.2 Å². The van der Waals surface area contributed by atoms with Gasteiger partial charge in [-0.15, -0.1) is 0 Å². The lowest BCUT2D eigenvalue weighted by atomic mass is 9.99. The van der Waals surface area contributed by atoms with Crippen LogP contribution in [0.25, 0.3) is 0 Å². The van der Waals surface area contributed by atoms with Crippen LogP contribution in [0.2, 0.25) is 10.0 Å². The van der Waals surface area contributed by atoms with Gasteiger partial charge in [0.25, 0.3) is 0 Å². The second kappa shape index (κ2) is 7.67. The molecule has 0 unspecified atom stereocenters. The van der Waals surface area contributed by atoms with E-state index in [1.54, 1.807) is 0 Å². The summed E-state index contributed by atoms with van der Waals surface area (Å²) in [5, 5.41) is 4.93. The molecule has 5 heteroatoms. The summed E-state index contributed by atoms with van der Waals surface area (Å²) in [5.74, 6) is 0. The van der Waals surface area contributed by atoms with Crippen LogP contribution in [0.1, 0.15) is 12.0 Å². The first kappa shape index (κ1) is 19.0. The number of benzene rings is 3. The molecule has 3 nitrogen and oxygen atoms in total. The van der Waals surface area contributed by atoms with Crippen LogP contribution in [0.5, 0.6) is 0 Å². The van der Waals surface area contributed by atoms with Crippen molar-refractivity contribution in [3.05, 3.63) is 106 Å². The molecule has 0 atom stereocenters. The molecule has 3 aromatic carbocycles. The minimum Gasteiger partial charge on any atom is -0.359 e. The third-order valence-corrected chi connectivity index (χ3v) is 5.76. The highest BCUT2D eigenvalue weighted by Crippen LogP contribution is 2.44. The molecular formula is C25H19Cl2N3. The first-order chi connectivity index (χ1) is 14.6. The van der Waals surface area contributed by atoms with Gasteiger partial charge in [0.2, 0.25) is 0 Å². The summed E-state index contributed by atoms with van der Waals surface area (Å²) in [5.41, 5.74) is 8.39. The molecule has 3 aromatic rings. The lowest BCUT2D eigenvalue weighted by molar-refractivity contribution is 1.11. The molecule has 0 saturated carbocycles. The molecule has 148 valence electrons. The molecule has 0 spiro atoms. The van der Waals surface area contributed by atoms with Gasteiger partial charge in [-0.2, -0.15) is 0 Å². The molecule has 1 N–H and O–H groups in total. The summed E-state index contributed by atoms with van der Waals surface area (Å²) < 4.78 is 0. The van der Waals surface area contributed by atoms with Crippen molar-refractivity contribution in [3.63, 3.8) is 0 Å². The average molecular weight is 432 g/mol. The Morgan fingerprint density at radius 3 is 2.33 bits per heavy atom. The number of hydrogen-bond donors (Lipinski definition) is 1.